The Morgan fingerprint density at radius 3 is 3.16 bits per heavy atom. The number of halogens is 1. The van der Waals surface area contributed by atoms with Crippen LogP contribution in [-0.4, -0.2) is 9.78 Å². The van der Waals surface area contributed by atoms with Gasteiger partial charge in [0, 0.05) is 23.8 Å². The molecule has 2 aromatic rings. The molecule has 0 saturated carbocycles. The molecule has 0 fully saturated rings. The lowest BCUT2D eigenvalue weighted by Gasteiger charge is -2.23. The van der Waals surface area contributed by atoms with E-state index in [2.05, 4.69) is 22.0 Å². The minimum Gasteiger partial charge on any atom is -0.448 e. The highest BCUT2D eigenvalue weighted by molar-refractivity contribution is 6.28. The van der Waals surface area contributed by atoms with Crippen LogP contribution in [0.1, 0.15) is 42.8 Å². The summed E-state index contributed by atoms with van der Waals surface area (Å²) in [7, 11) is 0. The highest BCUT2D eigenvalue weighted by Gasteiger charge is 2.23. The van der Waals surface area contributed by atoms with Crippen LogP contribution in [-0.2, 0) is 19.5 Å². The van der Waals surface area contributed by atoms with Gasteiger partial charge in [0.1, 0.15) is 5.76 Å². The summed E-state index contributed by atoms with van der Waals surface area (Å²) in [6, 6.07) is 4.06. The first kappa shape index (κ1) is 12.8. The first-order valence-corrected chi connectivity index (χ1v) is 7.18. The molecule has 0 bridgehead atoms. The number of hydrogen-bond acceptors (Lipinski definition) is 3. The third-order valence-electron chi connectivity index (χ3n) is 3.71. The highest BCUT2D eigenvalue weighted by Crippen LogP contribution is 2.30. The first-order chi connectivity index (χ1) is 9.28. The lowest BCUT2D eigenvalue weighted by atomic mass is 9.93. The molecule has 0 aromatic carbocycles. The summed E-state index contributed by atoms with van der Waals surface area (Å²) in [4.78, 5) is 0. The molecule has 102 valence electrons. The van der Waals surface area contributed by atoms with E-state index in [0.29, 0.717) is 17.8 Å². The third kappa shape index (κ3) is 2.55. The fourth-order valence-electron chi connectivity index (χ4n) is 2.77. The van der Waals surface area contributed by atoms with Gasteiger partial charge in [0.15, 0.2) is 5.22 Å². The van der Waals surface area contributed by atoms with Crippen LogP contribution in [0.5, 0.6) is 0 Å². The van der Waals surface area contributed by atoms with E-state index in [4.69, 9.17) is 16.0 Å². The number of nitrogens with zero attached hydrogens (tertiary/aromatic N) is 2. The predicted octanol–water partition coefficient (Wildman–Crippen LogP) is 3.32. The lowest BCUT2D eigenvalue weighted by molar-refractivity contribution is 0.413. The van der Waals surface area contributed by atoms with E-state index < -0.39 is 0 Å². The van der Waals surface area contributed by atoms with Crippen molar-refractivity contribution in [3.63, 3.8) is 0 Å². The van der Waals surface area contributed by atoms with Crippen LogP contribution in [0.25, 0.3) is 0 Å². The van der Waals surface area contributed by atoms with E-state index in [1.165, 1.54) is 17.7 Å². The molecule has 0 unspecified atom stereocenters. The minimum absolute atomic E-state index is 0.368. The van der Waals surface area contributed by atoms with Crippen molar-refractivity contribution in [1.82, 2.24) is 15.1 Å². The quantitative estimate of drug-likeness (QED) is 0.934. The molecule has 0 amide bonds. The van der Waals surface area contributed by atoms with Gasteiger partial charge in [0.05, 0.1) is 12.7 Å². The Hall–Kier alpha value is -1.26. The summed E-state index contributed by atoms with van der Waals surface area (Å²) in [6.07, 6.45) is 5.49. The number of aryl methyl sites for hydroxylation is 1. The molecule has 19 heavy (non-hydrogen) atoms. The van der Waals surface area contributed by atoms with Crippen LogP contribution in [0.3, 0.4) is 0 Å². The topological polar surface area (TPSA) is 43.0 Å². The smallest absolute Gasteiger partial charge is 0.193 e. The van der Waals surface area contributed by atoms with Gasteiger partial charge in [-0.2, -0.15) is 5.10 Å². The molecule has 3 rings (SSSR count). The van der Waals surface area contributed by atoms with Gasteiger partial charge in [-0.15, -0.1) is 0 Å². The fourth-order valence-corrected chi connectivity index (χ4v) is 2.94. The zero-order chi connectivity index (χ0) is 13.2. The van der Waals surface area contributed by atoms with E-state index in [1.807, 2.05) is 12.3 Å². The number of aromatic nitrogens is 2. The number of furan rings is 1. The Kier molecular flexibility index (Phi) is 3.62. The van der Waals surface area contributed by atoms with Crippen molar-refractivity contribution >= 4 is 11.6 Å². The maximum atomic E-state index is 5.78. The molecule has 1 N–H and O–H groups in total. The van der Waals surface area contributed by atoms with Crippen molar-refractivity contribution in [3.05, 3.63) is 40.6 Å². The molecule has 0 spiro atoms. The second-order valence-electron chi connectivity index (χ2n) is 4.89. The van der Waals surface area contributed by atoms with Crippen LogP contribution in [0.2, 0.25) is 5.22 Å². The molecule has 2 heterocycles. The average molecular weight is 280 g/mol. The summed E-state index contributed by atoms with van der Waals surface area (Å²) in [5, 5.41) is 8.44. The van der Waals surface area contributed by atoms with Crippen LogP contribution >= 0.6 is 11.6 Å². The van der Waals surface area contributed by atoms with Gasteiger partial charge >= 0.3 is 0 Å². The van der Waals surface area contributed by atoms with Gasteiger partial charge in [-0.25, -0.2) is 0 Å². The maximum absolute atomic E-state index is 5.78. The molecule has 0 aliphatic heterocycles. The fraction of sp³-hybridized carbons (Fsp3) is 0.500. The first-order valence-electron chi connectivity index (χ1n) is 6.80. The Morgan fingerprint density at radius 2 is 2.42 bits per heavy atom. The Bertz CT molecular complexity index is 561. The molecular weight excluding hydrogens is 262 g/mol. The van der Waals surface area contributed by atoms with Crippen LogP contribution in [0.15, 0.2) is 22.7 Å². The molecule has 0 saturated heterocycles. The van der Waals surface area contributed by atoms with Crippen molar-refractivity contribution < 1.29 is 4.42 Å². The number of hydrogen-bond donors (Lipinski definition) is 1. The summed E-state index contributed by atoms with van der Waals surface area (Å²) >= 11 is 5.78. The Labute approximate surface area is 117 Å². The van der Waals surface area contributed by atoms with Crippen molar-refractivity contribution in [2.45, 2.75) is 45.3 Å². The van der Waals surface area contributed by atoms with E-state index in [9.17, 15) is 0 Å². The highest BCUT2D eigenvalue weighted by atomic mass is 35.5. The maximum Gasteiger partial charge on any atom is 0.193 e. The van der Waals surface area contributed by atoms with E-state index in [1.54, 1.807) is 6.07 Å². The molecular formula is C14H18ClN3O. The van der Waals surface area contributed by atoms with Gasteiger partial charge in [-0.3, -0.25) is 4.68 Å². The van der Waals surface area contributed by atoms with Gasteiger partial charge in [-0.05, 0) is 49.9 Å². The van der Waals surface area contributed by atoms with E-state index in [0.717, 1.165) is 25.1 Å². The van der Waals surface area contributed by atoms with Crippen molar-refractivity contribution in [2.75, 3.05) is 0 Å². The Morgan fingerprint density at radius 1 is 1.53 bits per heavy atom. The second kappa shape index (κ2) is 5.39. The molecule has 2 aromatic heterocycles. The van der Waals surface area contributed by atoms with E-state index >= 15 is 0 Å². The van der Waals surface area contributed by atoms with Gasteiger partial charge < -0.3 is 9.73 Å². The van der Waals surface area contributed by atoms with Crippen LogP contribution in [0, 0.1) is 0 Å². The van der Waals surface area contributed by atoms with Crippen molar-refractivity contribution in [2.24, 2.45) is 0 Å². The van der Waals surface area contributed by atoms with Crippen LogP contribution in [0.4, 0.5) is 0 Å². The summed E-state index contributed by atoms with van der Waals surface area (Å²) in [6.45, 7) is 3.78. The van der Waals surface area contributed by atoms with Gasteiger partial charge in [0.25, 0.3) is 0 Å². The number of fused-ring (bicyclic) bond motifs is 1. The average Bonchev–Trinajstić information content (AvgIpc) is 3.02. The molecule has 1 aliphatic rings. The SMILES string of the molecule is CCn1ncc2c1CCC[C@H]2NCc1ccc(Cl)o1. The van der Waals surface area contributed by atoms with Gasteiger partial charge in [-0.1, -0.05) is 0 Å². The summed E-state index contributed by atoms with van der Waals surface area (Å²) in [5.74, 6) is 0.875. The van der Waals surface area contributed by atoms with Crippen molar-refractivity contribution in [1.29, 1.82) is 0 Å². The standard InChI is InChI=1S/C14H18ClN3O/c1-2-18-13-5-3-4-12(11(13)9-17-18)16-8-10-6-7-14(15)19-10/h6-7,9,12,16H,2-5,8H2,1H3/t12-/m1/s1. The predicted molar refractivity (Wildman–Crippen MR) is 74.1 cm³/mol. The zero-order valence-electron chi connectivity index (χ0n) is 11.0. The minimum atomic E-state index is 0.368. The second-order valence-corrected chi connectivity index (χ2v) is 5.27. The third-order valence-corrected chi connectivity index (χ3v) is 3.92. The number of nitrogens with one attached hydrogen (secondary N) is 1. The zero-order valence-corrected chi connectivity index (χ0v) is 11.8. The van der Waals surface area contributed by atoms with Crippen molar-refractivity contribution in [3.8, 4) is 0 Å². The Balaban J connectivity index is 1.71. The molecule has 5 heteroatoms. The lowest BCUT2D eigenvalue weighted by Crippen LogP contribution is -2.24. The van der Waals surface area contributed by atoms with Gasteiger partial charge in [0.2, 0.25) is 0 Å². The largest absolute Gasteiger partial charge is 0.448 e. The van der Waals surface area contributed by atoms with E-state index in [-0.39, 0.29) is 0 Å². The number of rotatable bonds is 4. The molecule has 1 aliphatic carbocycles. The summed E-state index contributed by atoms with van der Waals surface area (Å²) < 4.78 is 7.48. The normalized spacial score (nSPS) is 18.5. The molecule has 0 radical (unpaired) electrons. The summed E-state index contributed by atoms with van der Waals surface area (Å²) in [5.41, 5.74) is 2.72. The van der Waals surface area contributed by atoms with Crippen LogP contribution < -0.4 is 5.32 Å². The molecule has 4 nitrogen and oxygen atoms in total. The molecule has 1 atom stereocenters. The monoisotopic (exact) mass is 279 g/mol.